The molecule has 4 nitrogen and oxygen atoms in total. The van der Waals surface area contributed by atoms with Crippen LogP contribution in [0.1, 0.15) is 18.5 Å². The van der Waals surface area contributed by atoms with Crippen LogP contribution in [0.25, 0.3) is 0 Å². The largest absolute Gasteiger partial charge is 0.495 e. The summed E-state index contributed by atoms with van der Waals surface area (Å²) in [6, 6.07) is 12.4. The van der Waals surface area contributed by atoms with Crippen molar-refractivity contribution in [2.45, 2.75) is 13.0 Å². The Morgan fingerprint density at radius 3 is 2.65 bits per heavy atom. The Morgan fingerprint density at radius 2 is 1.96 bits per heavy atom. The van der Waals surface area contributed by atoms with Gasteiger partial charge in [-0.05, 0) is 36.8 Å². The van der Waals surface area contributed by atoms with Crippen LogP contribution in [0, 0.1) is 0 Å². The predicted molar refractivity (Wildman–Crippen MR) is 94.5 cm³/mol. The van der Waals surface area contributed by atoms with Crippen molar-refractivity contribution in [1.82, 2.24) is 5.32 Å². The number of carbonyl (C=O) groups excluding carboxylic acids is 1. The lowest BCUT2D eigenvalue weighted by molar-refractivity contribution is -0.120. The van der Waals surface area contributed by atoms with Crippen LogP contribution < -0.4 is 15.4 Å². The summed E-state index contributed by atoms with van der Waals surface area (Å²) in [5.74, 6) is 0.545. The van der Waals surface area contributed by atoms with E-state index in [0.717, 1.165) is 11.3 Å². The molecule has 6 heteroatoms. The summed E-state index contributed by atoms with van der Waals surface area (Å²) in [7, 11) is 1.59. The van der Waals surface area contributed by atoms with Crippen molar-refractivity contribution in [3.8, 4) is 5.75 Å². The molecule has 1 amide bonds. The van der Waals surface area contributed by atoms with Gasteiger partial charge in [0.1, 0.15) is 5.75 Å². The summed E-state index contributed by atoms with van der Waals surface area (Å²) < 4.78 is 5.23. The van der Waals surface area contributed by atoms with Gasteiger partial charge in [0, 0.05) is 10.0 Å². The Morgan fingerprint density at radius 1 is 1.22 bits per heavy atom. The van der Waals surface area contributed by atoms with E-state index in [0.29, 0.717) is 15.8 Å². The smallest absolute Gasteiger partial charge is 0.239 e. The van der Waals surface area contributed by atoms with Crippen LogP contribution in [0.2, 0.25) is 10.0 Å². The summed E-state index contributed by atoms with van der Waals surface area (Å²) in [5, 5.41) is 7.04. The van der Waals surface area contributed by atoms with Gasteiger partial charge in [-0.3, -0.25) is 4.79 Å². The van der Waals surface area contributed by atoms with Crippen molar-refractivity contribution in [3.05, 3.63) is 58.1 Å². The number of hydrogen-bond acceptors (Lipinski definition) is 3. The van der Waals surface area contributed by atoms with Gasteiger partial charge in [-0.2, -0.15) is 0 Å². The van der Waals surface area contributed by atoms with Crippen molar-refractivity contribution in [1.29, 1.82) is 0 Å². The van der Waals surface area contributed by atoms with Crippen LogP contribution in [-0.2, 0) is 4.79 Å². The van der Waals surface area contributed by atoms with Gasteiger partial charge in [-0.15, -0.1) is 0 Å². The van der Waals surface area contributed by atoms with E-state index in [1.54, 1.807) is 19.2 Å². The number of nitrogens with one attached hydrogen (secondary N) is 2. The molecule has 122 valence electrons. The Balaban J connectivity index is 1.94. The molecule has 0 saturated carbocycles. The minimum Gasteiger partial charge on any atom is -0.495 e. The molecule has 0 radical (unpaired) electrons. The molecule has 0 unspecified atom stereocenters. The highest BCUT2D eigenvalue weighted by atomic mass is 35.5. The average Bonchev–Trinajstić information content (AvgIpc) is 2.53. The first-order valence-electron chi connectivity index (χ1n) is 7.12. The minimum absolute atomic E-state index is 0.135. The number of halogens is 2. The summed E-state index contributed by atoms with van der Waals surface area (Å²) in [6.45, 7) is 2.01. The summed E-state index contributed by atoms with van der Waals surface area (Å²) in [4.78, 5) is 12.1. The van der Waals surface area contributed by atoms with Crippen LogP contribution in [-0.4, -0.2) is 19.6 Å². The number of amides is 1. The quantitative estimate of drug-likeness (QED) is 0.815. The molecule has 0 aromatic heterocycles. The maximum absolute atomic E-state index is 12.1. The lowest BCUT2D eigenvalue weighted by Gasteiger charge is -2.17. The first-order valence-corrected chi connectivity index (χ1v) is 7.88. The van der Waals surface area contributed by atoms with E-state index in [1.807, 2.05) is 37.3 Å². The predicted octanol–water partition coefficient (Wildman–Crippen LogP) is 4.29. The number of methoxy groups -OCH3 is 1. The number of anilines is 1. The van der Waals surface area contributed by atoms with Crippen LogP contribution in [0.15, 0.2) is 42.5 Å². The summed E-state index contributed by atoms with van der Waals surface area (Å²) in [6.07, 6.45) is 0. The third-order valence-corrected chi connectivity index (χ3v) is 3.92. The van der Waals surface area contributed by atoms with Gasteiger partial charge < -0.3 is 15.4 Å². The van der Waals surface area contributed by atoms with E-state index in [4.69, 9.17) is 27.9 Å². The monoisotopic (exact) mass is 352 g/mol. The molecule has 0 aliphatic rings. The molecule has 0 fully saturated rings. The second kappa shape index (κ2) is 8.09. The number of carbonyl (C=O) groups is 1. The van der Waals surface area contributed by atoms with Crippen LogP contribution in [0.3, 0.4) is 0 Å². The molecule has 23 heavy (non-hydrogen) atoms. The molecule has 0 heterocycles. The lowest BCUT2D eigenvalue weighted by atomic mass is 10.1. The fraction of sp³-hybridized carbons (Fsp3) is 0.235. The molecular weight excluding hydrogens is 335 g/mol. The number of ether oxygens (including phenoxy) is 1. The molecule has 1 atom stereocenters. The number of para-hydroxylation sites is 2. The third-order valence-electron chi connectivity index (χ3n) is 3.35. The van der Waals surface area contributed by atoms with E-state index >= 15 is 0 Å². The molecule has 0 aliphatic carbocycles. The van der Waals surface area contributed by atoms with Gasteiger partial charge in [0.2, 0.25) is 5.91 Å². The normalized spacial score (nSPS) is 11.7. The molecule has 0 aliphatic heterocycles. The zero-order valence-electron chi connectivity index (χ0n) is 12.9. The van der Waals surface area contributed by atoms with Gasteiger partial charge in [0.25, 0.3) is 0 Å². The fourth-order valence-corrected chi connectivity index (χ4v) is 2.76. The Labute approximate surface area is 145 Å². The summed E-state index contributed by atoms with van der Waals surface area (Å²) >= 11 is 12.0. The fourth-order valence-electron chi connectivity index (χ4n) is 2.19. The van der Waals surface area contributed by atoms with Gasteiger partial charge >= 0.3 is 0 Å². The molecule has 0 bridgehead atoms. The molecular formula is C17H18Cl2N2O2. The topological polar surface area (TPSA) is 50.4 Å². The number of benzene rings is 2. The van der Waals surface area contributed by atoms with Gasteiger partial charge in [0.05, 0.1) is 25.4 Å². The van der Waals surface area contributed by atoms with E-state index in [9.17, 15) is 4.79 Å². The Bertz CT molecular complexity index is 692. The minimum atomic E-state index is -0.216. The van der Waals surface area contributed by atoms with Gasteiger partial charge in [-0.25, -0.2) is 0 Å². The molecule has 2 aromatic rings. The zero-order chi connectivity index (χ0) is 16.8. The van der Waals surface area contributed by atoms with Crippen LogP contribution in [0.4, 0.5) is 5.69 Å². The van der Waals surface area contributed by atoms with Crippen LogP contribution in [0.5, 0.6) is 5.75 Å². The van der Waals surface area contributed by atoms with Crippen molar-refractivity contribution in [2.24, 2.45) is 0 Å². The van der Waals surface area contributed by atoms with Crippen molar-refractivity contribution in [3.63, 3.8) is 0 Å². The highest BCUT2D eigenvalue weighted by Crippen LogP contribution is 2.26. The van der Waals surface area contributed by atoms with Gasteiger partial charge in [-0.1, -0.05) is 41.4 Å². The van der Waals surface area contributed by atoms with Crippen molar-refractivity contribution in [2.75, 3.05) is 19.0 Å². The standard InChI is InChI=1S/C17H18Cl2N2O2/c1-11(13-8-7-12(18)9-14(13)19)21-17(22)10-20-15-5-3-4-6-16(15)23-2/h3-9,11,20H,10H2,1-2H3,(H,21,22)/t11-/m1/s1. The molecule has 0 saturated heterocycles. The third kappa shape index (κ3) is 4.78. The zero-order valence-corrected chi connectivity index (χ0v) is 14.4. The van der Waals surface area contributed by atoms with E-state index in [-0.39, 0.29) is 18.5 Å². The maximum atomic E-state index is 12.1. The SMILES string of the molecule is COc1ccccc1NCC(=O)N[C@H](C)c1ccc(Cl)cc1Cl. The van der Waals surface area contributed by atoms with Gasteiger partial charge in [0.15, 0.2) is 0 Å². The highest BCUT2D eigenvalue weighted by Gasteiger charge is 2.13. The average molecular weight is 353 g/mol. The first kappa shape index (κ1) is 17.4. The van der Waals surface area contributed by atoms with E-state index < -0.39 is 0 Å². The Hall–Kier alpha value is -1.91. The lowest BCUT2D eigenvalue weighted by Crippen LogP contribution is -2.32. The van der Waals surface area contributed by atoms with Crippen molar-refractivity contribution >= 4 is 34.8 Å². The van der Waals surface area contributed by atoms with E-state index in [2.05, 4.69) is 10.6 Å². The molecule has 2 N–H and O–H groups in total. The number of rotatable bonds is 6. The Kier molecular flexibility index (Phi) is 6.13. The van der Waals surface area contributed by atoms with E-state index in [1.165, 1.54) is 0 Å². The summed E-state index contributed by atoms with van der Waals surface area (Å²) in [5.41, 5.74) is 1.59. The second-order valence-corrected chi connectivity index (χ2v) is 5.85. The number of hydrogen-bond donors (Lipinski definition) is 2. The van der Waals surface area contributed by atoms with Crippen molar-refractivity contribution < 1.29 is 9.53 Å². The highest BCUT2D eigenvalue weighted by molar-refractivity contribution is 6.35. The molecule has 2 rings (SSSR count). The molecule has 2 aromatic carbocycles. The first-order chi connectivity index (χ1) is 11.0. The van der Waals surface area contributed by atoms with Crippen LogP contribution >= 0.6 is 23.2 Å². The second-order valence-electron chi connectivity index (χ2n) is 5.01. The maximum Gasteiger partial charge on any atom is 0.239 e. The molecule has 0 spiro atoms.